The molecule has 0 aliphatic heterocycles. The largest absolute Gasteiger partial charge is 0.598 e. The van der Waals surface area contributed by atoms with Crippen molar-refractivity contribution in [3.8, 4) is 0 Å². The van der Waals surface area contributed by atoms with Crippen molar-refractivity contribution < 1.29 is 8.94 Å². The van der Waals surface area contributed by atoms with Crippen LogP contribution >= 0.6 is 11.6 Å². The van der Waals surface area contributed by atoms with Gasteiger partial charge in [0.2, 0.25) is 0 Å². The highest BCUT2D eigenvalue weighted by atomic mass is 35.5. The Morgan fingerprint density at radius 3 is 2.79 bits per heavy atom. The molecule has 1 aromatic rings. The van der Waals surface area contributed by atoms with Crippen LogP contribution in [0.1, 0.15) is 38.9 Å². The standard InChI is InChI=1S/C13H18ClFN2OS/c1-5-6-10(17-19(18)13(2,3)4)12-11(15)9(14)7-8-16-12/h5,7-8,10,17H,1,6H2,2-4H3/t10-,19-/m0/s1. The van der Waals surface area contributed by atoms with Gasteiger partial charge in [-0.1, -0.05) is 17.7 Å². The van der Waals surface area contributed by atoms with Gasteiger partial charge < -0.3 is 4.55 Å². The molecular formula is C13H18ClFN2OS. The lowest BCUT2D eigenvalue weighted by Crippen LogP contribution is -2.41. The van der Waals surface area contributed by atoms with E-state index in [1.54, 1.807) is 6.08 Å². The molecule has 0 spiro atoms. The first-order valence-electron chi connectivity index (χ1n) is 5.86. The summed E-state index contributed by atoms with van der Waals surface area (Å²) in [5.74, 6) is -0.588. The molecule has 1 heterocycles. The third kappa shape index (κ3) is 4.45. The Hall–Kier alpha value is -0.620. The van der Waals surface area contributed by atoms with Crippen LogP contribution in [-0.4, -0.2) is 14.3 Å². The van der Waals surface area contributed by atoms with Crippen LogP contribution in [0.2, 0.25) is 5.02 Å². The molecule has 1 rings (SSSR count). The van der Waals surface area contributed by atoms with Gasteiger partial charge in [-0.3, -0.25) is 4.98 Å². The number of nitrogens with zero attached hydrogens (tertiary/aromatic N) is 1. The van der Waals surface area contributed by atoms with Crippen molar-refractivity contribution in [2.45, 2.75) is 38.0 Å². The van der Waals surface area contributed by atoms with E-state index >= 15 is 0 Å². The molecule has 0 aromatic carbocycles. The van der Waals surface area contributed by atoms with Gasteiger partial charge in [0.05, 0.1) is 10.7 Å². The lowest BCUT2D eigenvalue weighted by molar-refractivity contribution is 0.505. The van der Waals surface area contributed by atoms with Crippen molar-refractivity contribution in [2.75, 3.05) is 0 Å². The highest BCUT2D eigenvalue weighted by Crippen LogP contribution is 2.26. The van der Waals surface area contributed by atoms with E-state index in [-0.39, 0.29) is 10.7 Å². The predicted octanol–water partition coefficient (Wildman–Crippen LogP) is 3.54. The maximum Gasteiger partial charge on any atom is 0.165 e. The molecule has 1 N–H and O–H groups in total. The summed E-state index contributed by atoms with van der Waals surface area (Å²) in [6, 6.07) is 0.864. The normalized spacial score (nSPS) is 15.1. The highest BCUT2D eigenvalue weighted by molar-refractivity contribution is 7.90. The fraction of sp³-hybridized carbons (Fsp3) is 0.462. The van der Waals surface area contributed by atoms with E-state index < -0.39 is 28.0 Å². The molecule has 0 saturated carbocycles. The first-order valence-corrected chi connectivity index (χ1v) is 7.39. The van der Waals surface area contributed by atoms with Crippen LogP contribution < -0.4 is 4.72 Å². The van der Waals surface area contributed by atoms with Gasteiger partial charge in [0.15, 0.2) is 5.82 Å². The molecule has 19 heavy (non-hydrogen) atoms. The fourth-order valence-electron chi connectivity index (χ4n) is 1.37. The van der Waals surface area contributed by atoms with Crippen LogP contribution in [0.5, 0.6) is 0 Å². The van der Waals surface area contributed by atoms with Gasteiger partial charge in [0, 0.05) is 17.6 Å². The minimum Gasteiger partial charge on any atom is -0.598 e. The maximum atomic E-state index is 14.0. The number of rotatable bonds is 5. The van der Waals surface area contributed by atoms with E-state index in [2.05, 4.69) is 16.3 Å². The average molecular weight is 305 g/mol. The minimum atomic E-state index is -1.33. The number of halogens is 2. The maximum absolute atomic E-state index is 14.0. The van der Waals surface area contributed by atoms with E-state index in [0.29, 0.717) is 6.42 Å². The molecule has 3 nitrogen and oxygen atoms in total. The molecule has 0 radical (unpaired) electrons. The summed E-state index contributed by atoms with van der Waals surface area (Å²) in [5.41, 5.74) is 0.157. The van der Waals surface area contributed by atoms with Crippen LogP contribution in [0.25, 0.3) is 0 Å². The molecule has 0 amide bonds. The number of pyridine rings is 1. The van der Waals surface area contributed by atoms with Crippen LogP contribution in [-0.2, 0) is 11.4 Å². The zero-order chi connectivity index (χ0) is 14.6. The molecule has 6 heteroatoms. The third-order valence-corrected chi connectivity index (χ3v) is 4.31. The second-order valence-corrected chi connectivity index (χ2v) is 7.47. The zero-order valence-corrected chi connectivity index (χ0v) is 12.8. The van der Waals surface area contributed by atoms with Crippen molar-refractivity contribution in [1.82, 2.24) is 9.71 Å². The summed E-state index contributed by atoms with van der Waals surface area (Å²) >= 11 is 4.41. The summed E-state index contributed by atoms with van der Waals surface area (Å²) in [7, 11) is 0. The summed E-state index contributed by atoms with van der Waals surface area (Å²) in [5, 5.41) is 0.00223. The Balaban J connectivity index is 3.01. The zero-order valence-electron chi connectivity index (χ0n) is 11.2. The van der Waals surface area contributed by atoms with Crippen LogP contribution in [0.3, 0.4) is 0 Å². The number of hydrogen-bond donors (Lipinski definition) is 1. The lowest BCUT2D eigenvalue weighted by Gasteiger charge is -2.27. The molecule has 0 bridgehead atoms. The summed E-state index contributed by atoms with van der Waals surface area (Å²) < 4.78 is 28.5. The van der Waals surface area contributed by atoms with Gasteiger partial charge in [0.1, 0.15) is 10.8 Å². The van der Waals surface area contributed by atoms with E-state index in [1.807, 2.05) is 20.8 Å². The van der Waals surface area contributed by atoms with Crippen molar-refractivity contribution in [1.29, 1.82) is 0 Å². The van der Waals surface area contributed by atoms with E-state index in [4.69, 9.17) is 11.6 Å². The summed E-state index contributed by atoms with van der Waals surface area (Å²) in [4.78, 5) is 3.99. The predicted molar refractivity (Wildman–Crippen MR) is 77.8 cm³/mol. The smallest absolute Gasteiger partial charge is 0.165 e. The molecule has 1 aromatic heterocycles. The Morgan fingerprint density at radius 2 is 2.26 bits per heavy atom. The Labute approximate surface area is 121 Å². The quantitative estimate of drug-likeness (QED) is 0.668. The lowest BCUT2D eigenvalue weighted by atomic mass is 10.1. The first kappa shape index (κ1) is 16.4. The van der Waals surface area contributed by atoms with Crippen molar-refractivity contribution in [2.24, 2.45) is 0 Å². The second-order valence-electron chi connectivity index (χ2n) is 5.07. The summed E-state index contributed by atoms with van der Waals surface area (Å²) in [6.45, 7) is 9.13. The molecule has 0 aliphatic rings. The summed E-state index contributed by atoms with van der Waals surface area (Å²) in [6.07, 6.45) is 3.46. The van der Waals surface area contributed by atoms with Crippen LogP contribution in [0, 0.1) is 5.82 Å². The molecular weight excluding hydrogens is 287 g/mol. The van der Waals surface area contributed by atoms with Crippen molar-refractivity contribution in [3.05, 3.63) is 41.5 Å². The molecule has 0 aliphatic carbocycles. The Morgan fingerprint density at radius 1 is 1.63 bits per heavy atom. The first-order chi connectivity index (χ1) is 8.77. The van der Waals surface area contributed by atoms with Gasteiger partial charge in [-0.15, -0.1) is 11.3 Å². The van der Waals surface area contributed by atoms with Gasteiger partial charge in [-0.2, -0.15) is 0 Å². The second kappa shape index (κ2) is 6.70. The molecule has 0 unspecified atom stereocenters. The molecule has 0 saturated heterocycles. The minimum absolute atomic E-state index is 0.00223. The number of nitrogens with one attached hydrogen (secondary N) is 1. The van der Waals surface area contributed by atoms with Gasteiger partial charge >= 0.3 is 0 Å². The van der Waals surface area contributed by atoms with Crippen LogP contribution in [0.4, 0.5) is 4.39 Å². The van der Waals surface area contributed by atoms with Gasteiger partial charge in [0.25, 0.3) is 0 Å². The van der Waals surface area contributed by atoms with E-state index in [0.717, 1.165) is 0 Å². The van der Waals surface area contributed by atoms with E-state index in [9.17, 15) is 8.94 Å². The van der Waals surface area contributed by atoms with Crippen LogP contribution in [0.15, 0.2) is 24.9 Å². The molecule has 2 atom stereocenters. The third-order valence-electron chi connectivity index (χ3n) is 2.41. The van der Waals surface area contributed by atoms with E-state index in [1.165, 1.54) is 12.3 Å². The SMILES string of the molecule is C=CC[C@H](N[S@@+]([O-])C(C)(C)C)c1nccc(Cl)c1F. The van der Waals surface area contributed by atoms with Gasteiger partial charge in [-0.05, 0) is 33.3 Å². The topological polar surface area (TPSA) is 48.0 Å². The Bertz CT molecular complexity index is 451. The van der Waals surface area contributed by atoms with Gasteiger partial charge in [-0.25, -0.2) is 4.39 Å². The fourth-order valence-corrected chi connectivity index (χ4v) is 2.34. The highest BCUT2D eigenvalue weighted by Gasteiger charge is 2.31. The number of hydrogen-bond acceptors (Lipinski definition) is 3. The molecule has 106 valence electrons. The number of aromatic nitrogens is 1. The monoisotopic (exact) mass is 304 g/mol. The van der Waals surface area contributed by atoms with Crippen molar-refractivity contribution >= 4 is 23.0 Å². The Kier molecular flexibility index (Phi) is 5.80. The van der Waals surface area contributed by atoms with Crippen molar-refractivity contribution in [3.63, 3.8) is 0 Å². The average Bonchev–Trinajstić information content (AvgIpc) is 2.31. The molecule has 0 fully saturated rings.